The molecule has 0 bridgehead atoms. The number of para-hydroxylation sites is 1. The Morgan fingerprint density at radius 2 is 1.87 bits per heavy atom. The number of methoxy groups -OCH3 is 1. The Hall–Kier alpha value is -2.78. The summed E-state index contributed by atoms with van der Waals surface area (Å²) in [6.45, 7) is 0.193. The number of nitrogens with zero attached hydrogens (tertiary/aromatic N) is 1. The smallest absolute Gasteiger partial charge is 0.265 e. The Bertz CT molecular complexity index is 1040. The van der Waals surface area contributed by atoms with Crippen LogP contribution in [0.5, 0.6) is 11.5 Å². The molecule has 160 valence electrons. The highest BCUT2D eigenvalue weighted by Gasteiger charge is 2.12. The summed E-state index contributed by atoms with van der Waals surface area (Å²) in [4.78, 5) is 17.0. The molecule has 0 radical (unpaired) electrons. The van der Waals surface area contributed by atoms with E-state index in [-0.39, 0.29) is 12.5 Å². The molecule has 0 fully saturated rings. The van der Waals surface area contributed by atoms with Crippen molar-refractivity contribution in [3.05, 3.63) is 86.4 Å². The van der Waals surface area contributed by atoms with E-state index in [1.807, 2.05) is 48.5 Å². The van der Waals surface area contributed by atoms with E-state index in [9.17, 15) is 4.79 Å². The van der Waals surface area contributed by atoms with E-state index >= 15 is 0 Å². The Morgan fingerprint density at radius 1 is 1.13 bits per heavy atom. The zero-order valence-corrected chi connectivity index (χ0v) is 19.6. The highest BCUT2D eigenvalue weighted by atomic mass is 127. The van der Waals surface area contributed by atoms with Gasteiger partial charge in [-0.05, 0) is 64.6 Å². The average molecular weight is 551 g/mol. The summed E-state index contributed by atoms with van der Waals surface area (Å²) >= 11 is 8.09. The molecule has 0 aliphatic carbocycles. The minimum Gasteiger partial charge on any atom is -0.493 e. The average Bonchev–Trinajstić information content (AvgIpc) is 2.77. The molecule has 0 spiro atoms. The van der Waals surface area contributed by atoms with Gasteiger partial charge in [-0.25, -0.2) is 0 Å². The normalized spacial score (nSPS) is 10.7. The van der Waals surface area contributed by atoms with Crippen molar-refractivity contribution in [1.29, 1.82) is 0 Å². The number of hydrogen-bond acceptors (Lipinski definition) is 5. The van der Waals surface area contributed by atoms with Crippen LogP contribution >= 0.6 is 34.2 Å². The molecular formula is C23H20ClIN2O4. The lowest BCUT2D eigenvalue weighted by Gasteiger charge is -2.13. The van der Waals surface area contributed by atoms with Gasteiger partial charge in [-0.2, -0.15) is 0 Å². The zero-order valence-electron chi connectivity index (χ0n) is 16.7. The van der Waals surface area contributed by atoms with Crippen LogP contribution in [0.2, 0.25) is 5.02 Å². The van der Waals surface area contributed by atoms with Crippen molar-refractivity contribution >= 4 is 52.0 Å². The topological polar surface area (TPSA) is 69.2 Å². The number of ether oxygens (including phenoxy) is 2. The van der Waals surface area contributed by atoms with Crippen molar-refractivity contribution in [2.45, 2.75) is 6.61 Å². The van der Waals surface area contributed by atoms with Gasteiger partial charge in [-0.3, -0.25) is 4.79 Å². The molecule has 1 N–H and O–H groups in total. The van der Waals surface area contributed by atoms with Crippen LogP contribution in [0.25, 0.3) is 0 Å². The van der Waals surface area contributed by atoms with Crippen LogP contribution in [0.1, 0.15) is 11.1 Å². The summed E-state index contributed by atoms with van der Waals surface area (Å²) in [6.07, 6.45) is 1.52. The number of hydrogen-bond donors (Lipinski definition) is 1. The second-order valence-corrected chi connectivity index (χ2v) is 7.97. The monoisotopic (exact) mass is 550 g/mol. The Morgan fingerprint density at radius 3 is 2.58 bits per heavy atom. The number of nitrogens with one attached hydrogen (secondary N) is 1. The number of anilines is 1. The predicted octanol–water partition coefficient (Wildman–Crippen LogP) is 5.52. The number of amides is 1. The fraction of sp³-hybridized carbons (Fsp3) is 0.130. The number of carbonyl (C=O) groups is 1. The van der Waals surface area contributed by atoms with Crippen molar-refractivity contribution < 1.29 is 19.1 Å². The molecule has 31 heavy (non-hydrogen) atoms. The lowest BCUT2D eigenvalue weighted by atomic mass is 10.2. The Balaban J connectivity index is 1.57. The van der Waals surface area contributed by atoms with Gasteiger partial charge >= 0.3 is 0 Å². The van der Waals surface area contributed by atoms with Crippen molar-refractivity contribution in [3.63, 3.8) is 0 Å². The molecule has 0 saturated heterocycles. The summed E-state index contributed by atoms with van der Waals surface area (Å²) in [5.41, 5.74) is 2.45. The molecule has 0 aromatic heterocycles. The SMILES string of the molecule is COc1cc(/C=N/OCC(=O)Nc2ccccc2)cc(I)c1OCc1ccc(Cl)cc1. The summed E-state index contributed by atoms with van der Waals surface area (Å²) in [5.74, 6) is 0.920. The third-order valence-electron chi connectivity index (χ3n) is 4.08. The highest BCUT2D eigenvalue weighted by molar-refractivity contribution is 14.1. The van der Waals surface area contributed by atoms with Crippen LogP contribution in [-0.4, -0.2) is 25.8 Å². The van der Waals surface area contributed by atoms with Crippen LogP contribution in [0.15, 0.2) is 71.9 Å². The maximum atomic E-state index is 11.9. The van der Waals surface area contributed by atoms with E-state index in [1.165, 1.54) is 6.21 Å². The van der Waals surface area contributed by atoms with Crippen molar-refractivity contribution in [3.8, 4) is 11.5 Å². The third-order valence-corrected chi connectivity index (χ3v) is 5.13. The lowest BCUT2D eigenvalue weighted by Crippen LogP contribution is -2.16. The van der Waals surface area contributed by atoms with E-state index in [1.54, 1.807) is 25.3 Å². The molecule has 3 aromatic carbocycles. The quantitative estimate of drug-likeness (QED) is 0.216. The van der Waals surface area contributed by atoms with Gasteiger partial charge in [0.2, 0.25) is 0 Å². The molecule has 0 aliphatic heterocycles. The van der Waals surface area contributed by atoms with Gasteiger partial charge in [0.15, 0.2) is 18.1 Å². The molecule has 3 aromatic rings. The van der Waals surface area contributed by atoms with E-state index in [0.717, 1.165) is 14.7 Å². The fourth-order valence-corrected chi connectivity index (χ4v) is 3.51. The van der Waals surface area contributed by atoms with Crippen molar-refractivity contribution in [1.82, 2.24) is 0 Å². The number of benzene rings is 3. The first-order chi connectivity index (χ1) is 15.0. The minimum atomic E-state index is -0.290. The molecule has 0 saturated carbocycles. The maximum absolute atomic E-state index is 11.9. The first kappa shape index (κ1) is 22.9. The largest absolute Gasteiger partial charge is 0.493 e. The van der Waals surface area contributed by atoms with Gasteiger partial charge in [0.25, 0.3) is 5.91 Å². The van der Waals surface area contributed by atoms with Gasteiger partial charge < -0.3 is 19.6 Å². The molecular weight excluding hydrogens is 531 g/mol. The van der Waals surface area contributed by atoms with E-state index in [4.69, 9.17) is 25.9 Å². The first-order valence-corrected chi connectivity index (χ1v) is 10.8. The molecule has 0 atom stereocenters. The van der Waals surface area contributed by atoms with Crippen LogP contribution in [0, 0.1) is 3.57 Å². The number of halogens is 2. The zero-order chi connectivity index (χ0) is 22.1. The van der Waals surface area contributed by atoms with E-state index < -0.39 is 0 Å². The summed E-state index contributed by atoms with van der Waals surface area (Å²) in [5, 5.41) is 7.28. The van der Waals surface area contributed by atoms with E-state index in [2.05, 4.69) is 33.1 Å². The Labute approximate surface area is 199 Å². The molecule has 1 amide bonds. The fourth-order valence-electron chi connectivity index (χ4n) is 2.60. The second kappa shape index (κ2) is 11.6. The van der Waals surface area contributed by atoms with Crippen LogP contribution in [0.4, 0.5) is 5.69 Å². The van der Waals surface area contributed by atoms with Gasteiger partial charge in [-0.1, -0.05) is 47.1 Å². The highest BCUT2D eigenvalue weighted by Crippen LogP contribution is 2.34. The van der Waals surface area contributed by atoms with Crippen LogP contribution < -0.4 is 14.8 Å². The number of carbonyl (C=O) groups excluding carboxylic acids is 1. The number of rotatable bonds is 9. The van der Waals surface area contributed by atoms with Crippen LogP contribution in [-0.2, 0) is 16.2 Å². The molecule has 6 nitrogen and oxygen atoms in total. The van der Waals surface area contributed by atoms with Crippen molar-refractivity contribution in [2.75, 3.05) is 19.0 Å². The standard InChI is InChI=1S/C23H20ClIN2O4/c1-29-21-12-17(13-26-31-15-22(28)27-19-5-3-2-4-6-19)11-20(25)23(21)30-14-16-7-9-18(24)10-8-16/h2-13H,14-15H2,1H3,(H,27,28)/b26-13+. The van der Waals surface area contributed by atoms with Gasteiger partial charge in [0.05, 0.1) is 16.9 Å². The van der Waals surface area contributed by atoms with Crippen molar-refractivity contribution in [2.24, 2.45) is 5.16 Å². The summed E-state index contributed by atoms with van der Waals surface area (Å²) in [6, 6.07) is 20.3. The maximum Gasteiger partial charge on any atom is 0.265 e. The Kier molecular flexibility index (Phi) is 8.54. The summed E-state index contributed by atoms with van der Waals surface area (Å²) in [7, 11) is 1.58. The number of oxime groups is 1. The van der Waals surface area contributed by atoms with Gasteiger partial charge in [0.1, 0.15) is 6.61 Å². The van der Waals surface area contributed by atoms with E-state index in [0.29, 0.717) is 28.8 Å². The summed E-state index contributed by atoms with van der Waals surface area (Å²) < 4.78 is 12.3. The second-order valence-electron chi connectivity index (χ2n) is 6.37. The van der Waals surface area contributed by atoms with Crippen LogP contribution in [0.3, 0.4) is 0 Å². The molecule has 0 heterocycles. The molecule has 8 heteroatoms. The predicted molar refractivity (Wildman–Crippen MR) is 130 cm³/mol. The molecule has 3 rings (SSSR count). The van der Waals surface area contributed by atoms with Gasteiger partial charge in [-0.15, -0.1) is 0 Å². The first-order valence-electron chi connectivity index (χ1n) is 9.30. The molecule has 0 unspecified atom stereocenters. The minimum absolute atomic E-state index is 0.193. The molecule has 0 aliphatic rings. The third kappa shape index (κ3) is 7.15. The lowest BCUT2D eigenvalue weighted by molar-refractivity contribution is -0.120. The van der Waals surface area contributed by atoms with Gasteiger partial charge in [0, 0.05) is 16.3 Å².